The van der Waals surface area contributed by atoms with Crippen LogP contribution >= 0.6 is 23.2 Å². The van der Waals surface area contributed by atoms with Gasteiger partial charge in [0.2, 0.25) is 0 Å². The highest BCUT2D eigenvalue weighted by Gasteiger charge is 2.21. The van der Waals surface area contributed by atoms with Gasteiger partial charge < -0.3 is 19.2 Å². The third-order valence-electron chi connectivity index (χ3n) is 4.89. The number of rotatable bonds is 4. The SMILES string of the molecule is N#Cc1cc(Oc2ccc(C(O)c3c[nH]c4ncnc(Cl)c34)c(Cl)c2)c2occc2c1. The molecule has 1 unspecified atom stereocenters. The van der Waals surface area contributed by atoms with Crippen LogP contribution < -0.4 is 4.74 Å². The van der Waals surface area contributed by atoms with Crippen molar-refractivity contribution in [3.8, 4) is 17.6 Å². The molecule has 9 heteroatoms. The number of aliphatic hydroxyl groups excluding tert-OH is 1. The van der Waals surface area contributed by atoms with E-state index in [1.807, 2.05) is 0 Å². The van der Waals surface area contributed by atoms with Crippen LogP contribution in [0.15, 0.2) is 59.6 Å². The summed E-state index contributed by atoms with van der Waals surface area (Å²) in [5.74, 6) is 0.818. The van der Waals surface area contributed by atoms with Crippen molar-refractivity contribution in [2.45, 2.75) is 6.10 Å². The Labute approximate surface area is 185 Å². The number of aromatic nitrogens is 3. The van der Waals surface area contributed by atoms with Crippen LogP contribution in [0.4, 0.5) is 0 Å². The first kappa shape index (κ1) is 19.4. The summed E-state index contributed by atoms with van der Waals surface area (Å²) in [7, 11) is 0. The van der Waals surface area contributed by atoms with E-state index in [0.29, 0.717) is 49.8 Å². The van der Waals surface area contributed by atoms with E-state index in [0.717, 1.165) is 5.39 Å². The van der Waals surface area contributed by atoms with Gasteiger partial charge in [-0.3, -0.25) is 0 Å². The molecule has 3 heterocycles. The second-order valence-electron chi connectivity index (χ2n) is 6.75. The lowest BCUT2D eigenvalue weighted by atomic mass is 10.0. The molecule has 0 aliphatic rings. The molecule has 0 saturated heterocycles. The van der Waals surface area contributed by atoms with Crippen LogP contribution in [0.25, 0.3) is 22.0 Å². The average molecular weight is 451 g/mol. The number of halogens is 2. The number of nitriles is 1. The summed E-state index contributed by atoms with van der Waals surface area (Å²) in [6.07, 6.45) is 3.43. The van der Waals surface area contributed by atoms with Crippen molar-refractivity contribution in [2.24, 2.45) is 0 Å². The molecule has 0 saturated carbocycles. The molecule has 0 aliphatic carbocycles. The molecule has 2 N–H and O–H groups in total. The van der Waals surface area contributed by atoms with Crippen molar-refractivity contribution in [1.29, 1.82) is 5.26 Å². The molecule has 3 aromatic heterocycles. The smallest absolute Gasteiger partial charge is 0.176 e. The maximum atomic E-state index is 10.9. The monoisotopic (exact) mass is 450 g/mol. The fraction of sp³-hybridized carbons (Fsp3) is 0.0455. The van der Waals surface area contributed by atoms with E-state index in [9.17, 15) is 10.4 Å². The van der Waals surface area contributed by atoms with Gasteiger partial charge in [-0.25, -0.2) is 9.97 Å². The van der Waals surface area contributed by atoms with E-state index in [1.165, 1.54) is 12.6 Å². The number of furan rings is 1. The van der Waals surface area contributed by atoms with Gasteiger partial charge in [0.05, 0.1) is 28.3 Å². The highest BCUT2D eigenvalue weighted by Crippen LogP contribution is 2.38. The molecule has 0 bridgehead atoms. The van der Waals surface area contributed by atoms with Crippen LogP contribution in [0, 0.1) is 11.3 Å². The number of aliphatic hydroxyl groups is 1. The first-order valence-corrected chi connectivity index (χ1v) is 9.85. The van der Waals surface area contributed by atoms with Crippen LogP contribution in [-0.2, 0) is 0 Å². The number of aromatic amines is 1. The zero-order valence-electron chi connectivity index (χ0n) is 15.6. The summed E-state index contributed by atoms with van der Waals surface area (Å²) < 4.78 is 11.4. The Hall–Kier alpha value is -3.57. The number of nitrogens with zero attached hydrogens (tertiary/aromatic N) is 3. The Morgan fingerprint density at radius 3 is 2.81 bits per heavy atom. The van der Waals surface area contributed by atoms with Gasteiger partial charge >= 0.3 is 0 Å². The van der Waals surface area contributed by atoms with Crippen LogP contribution in [0.1, 0.15) is 22.8 Å². The topological polar surface area (TPSA) is 108 Å². The lowest BCUT2D eigenvalue weighted by Gasteiger charge is -2.14. The number of nitrogens with one attached hydrogen (secondary N) is 1. The number of fused-ring (bicyclic) bond motifs is 2. The highest BCUT2D eigenvalue weighted by molar-refractivity contribution is 6.34. The fourth-order valence-electron chi connectivity index (χ4n) is 3.44. The Kier molecular flexibility index (Phi) is 4.75. The molecule has 152 valence electrons. The van der Waals surface area contributed by atoms with Gasteiger partial charge in [-0.15, -0.1) is 0 Å². The third-order valence-corrected chi connectivity index (χ3v) is 5.50. The minimum atomic E-state index is -1.06. The number of hydrogen-bond donors (Lipinski definition) is 2. The van der Waals surface area contributed by atoms with Crippen molar-refractivity contribution in [3.63, 3.8) is 0 Å². The average Bonchev–Trinajstić information content (AvgIpc) is 3.41. The molecule has 1 atom stereocenters. The fourth-order valence-corrected chi connectivity index (χ4v) is 3.96. The van der Waals surface area contributed by atoms with Gasteiger partial charge in [0.1, 0.15) is 29.0 Å². The second kappa shape index (κ2) is 7.60. The van der Waals surface area contributed by atoms with Gasteiger partial charge in [-0.2, -0.15) is 5.26 Å². The molecular formula is C22H12Cl2N4O3. The molecule has 2 aromatic carbocycles. The normalized spacial score (nSPS) is 12.2. The summed E-state index contributed by atoms with van der Waals surface area (Å²) in [5, 5.41) is 22.0. The Morgan fingerprint density at radius 1 is 1.13 bits per heavy atom. The first-order chi connectivity index (χ1) is 15.0. The van der Waals surface area contributed by atoms with Gasteiger partial charge in [0, 0.05) is 28.8 Å². The zero-order valence-corrected chi connectivity index (χ0v) is 17.1. The van der Waals surface area contributed by atoms with E-state index in [4.69, 9.17) is 32.4 Å². The standard InChI is InChI=1S/C22H12Cl2N4O3/c23-16-7-13(31-17-6-11(8-25)5-12-3-4-30-20(12)17)1-2-14(16)19(29)15-9-26-22-18(15)21(24)27-10-28-22/h1-7,9-10,19,29H,(H,26,27,28). The molecule has 0 fully saturated rings. The van der Waals surface area contributed by atoms with Crippen LogP contribution in [-0.4, -0.2) is 20.1 Å². The van der Waals surface area contributed by atoms with E-state index in [2.05, 4.69) is 21.0 Å². The van der Waals surface area contributed by atoms with Gasteiger partial charge in [0.25, 0.3) is 0 Å². The quantitative estimate of drug-likeness (QED) is 0.337. The summed E-state index contributed by atoms with van der Waals surface area (Å²) in [5.41, 5.74) is 2.46. The van der Waals surface area contributed by atoms with Crippen molar-refractivity contribution in [3.05, 3.63) is 82.1 Å². The summed E-state index contributed by atoms with van der Waals surface area (Å²) >= 11 is 12.7. The second-order valence-corrected chi connectivity index (χ2v) is 7.51. The molecule has 0 radical (unpaired) electrons. The van der Waals surface area contributed by atoms with Crippen molar-refractivity contribution in [1.82, 2.24) is 15.0 Å². The lowest BCUT2D eigenvalue weighted by molar-refractivity contribution is 0.222. The van der Waals surface area contributed by atoms with Crippen LogP contribution in [0.5, 0.6) is 11.5 Å². The van der Waals surface area contributed by atoms with Crippen molar-refractivity contribution in [2.75, 3.05) is 0 Å². The van der Waals surface area contributed by atoms with Gasteiger partial charge in [-0.1, -0.05) is 29.3 Å². The Morgan fingerprint density at radius 2 is 2.00 bits per heavy atom. The molecule has 0 amide bonds. The minimum absolute atomic E-state index is 0.233. The largest absolute Gasteiger partial charge is 0.460 e. The van der Waals surface area contributed by atoms with Gasteiger partial charge in [-0.05, 0) is 24.3 Å². The molecule has 5 rings (SSSR count). The molecule has 0 spiro atoms. The zero-order chi connectivity index (χ0) is 21.5. The number of H-pyrrole nitrogens is 1. The summed E-state index contributed by atoms with van der Waals surface area (Å²) in [6.45, 7) is 0. The molecule has 31 heavy (non-hydrogen) atoms. The maximum absolute atomic E-state index is 10.9. The predicted octanol–water partition coefficient (Wildman–Crippen LogP) is 5.76. The Bertz CT molecular complexity index is 1490. The molecule has 5 aromatic rings. The van der Waals surface area contributed by atoms with Crippen LogP contribution in [0.3, 0.4) is 0 Å². The van der Waals surface area contributed by atoms with Crippen molar-refractivity contribution >= 4 is 45.2 Å². The van der Waals surface area contributed by atoms with E-state index in [-0.39, 0.29) is 5.15 Å². The highest BCUT2D eigenvalue weighted by atomic mass is 35.5. The first-order valence-electron chi connectivity index (χ1n) is 9.09. The number of hydrogen-bond acceptors (Lipinski definition) is 6. The van der Waals surface area contributed by atoms with E-state index >= 15 is 0 Å². The van der Waals surface area contributed by atoms with Crippen LogP contribution in [0.2, 0.25) is 10.2 Å². The molecule has 0 aliphatic heterocycles. The molecular weight excluding hydrogens is 439 g/mol. The van der Waals surface area contributed by atoms with E-state index < -0.39 is 6.10 Å². The van der Waals surface area contributed by atoms with Gasteiger partial charge in [0.15, 0.2) is 11.3 Å². The summed E-state index contributed by atoms with van der Waals surface area (Å²) in [6, 6.07) is 12.1. The summed E-state index contributed by atoms with van der Waals surface area (Å²) in [4.78, 5) is 11.1. The number of ether oxygens (including phenoxy) is 1. The molecule has 7 nitrogen and oxygen atoms in total. The number of benzene rings is 2. The van der Waals surface area contributed by atoms with E-state index in [1.54, 1.807) is 42.6 Å². The minimum Gasteiger partial charge on any atom is -0.460 e. The lowest BCUT2D eigenvalue weighted by Crippen LogP contribution is -2.00. The Balaban J connectivity index is 1.50. The predicted molar refractivity (Wildman–Crippen MR) is 115 cm³/mol. The third kappa shape index (κ3) is 3.37. The van der Waals surface area contributed by atoms with Crippen molar-refractivity contribution < 1.29 is 14.3 Å². The maximum Gasteiger partial charge on any atom is 0.176 e.